The minimum atomic E-state index is 0.499. The molecule has 0 aliphatic heterocycles. The van der Waals surface area contributed by atoms with E-state index < -0.39 is 0 Å². The second-order valence-corrected chi connectivity index (χ2v) is 4.56. The Kier molecular flexibility index (Phi) is 3.11. The molecule has 0 aliphatic rings. The van der Waals surface area contributed by atoms with Crippen molar-refractivity contribution in [2.75, 3.05) is 5.73 Å². The molecule has 19 heavy (non-hydrogen) atoms. The van der Waals surface area contributed by atoms with Crippen molar-refractivity contribution in [1.82, 2.24) is 9.97 Å². The van der Waals surface area contributed by atoms with Crippen LogP contribution in [-0.4, -0.2) is 9.97 Å². The third-order valence-electron chi connectivity index (χ3n) is 3.21. The van der Waals surface area contributed by atoms with E-state index in [-0.39, 0.29) is 0 Å². The van der Waals surface area contributed by atoms with Gasteiger partial charge < -0.3 is 5.73 Å². The smallest absolute Gasteiger partial charge is 0.149 e. The van der Waals surface area contributed by atoms with Crippen LogP contribution in [0, 0.1) is 0 Å². The first-order valence-electron chi connectivity index (χ1n) is 6.37. The van der Waals surface area contributed by atoms with E-state index in [1.54, 1.807) is 6.20 Å². The highest BCUT2D eigenvalue weighted by atomic mass is 14.9. The van der Waals surface area contributed by atoms with Crippen LogP contribution in [0.15, 0.2) is 54.7 Å². The number of aryl methyl sites for hydroxylation is 2. The molecular weight excluding hydrogens is 234 g/mol. The van der Waals surface area contributed by atoms with Crippen LogP contribution >= 0.6 is 0 Å². The molecule has 2 aromatic heterocycles. The second kappa shape index (κ2) is 5.06. The van der Waals surface area contributed by atoms with Gasteiger partial charge >= 0.3 is 0 Å². The zero-order chi connectivity index (χ0) is 13.1. The first kappa shape index (κ1) is 11.7. The maximum Gasteiger partial charge on any atom is 0.149 e. The summed E-state index contributed by atoms with van der Waals surface area (Å²) in [5.74, 6) is 0.499. The highest BCUT2D eigenvalue weighted by Crippen LogP contribution is 2.17. The number of anilines is 1. The fourth-order valence-corrected chi connectivity index (χ4v) is 2.17. The van der Waals surface area contributed by atoms with Crippen molar-refractivity contribution in [3.8, 4) is 0 Å². The van der Waals surface area contributed by atoms with E-state index >= 15 is 0 Å². The van der Waals surface area contributed by atoms with Crippen LogP contribution in [0.25, 0.3) is 10.9 Å². The number of fused-ring (bicyclic) bond motifs is 1. The summed E-state index contributed by atoms with van der Waals surface area (Å²) >= 11 is 0. The molecule has 0 unspecified atom stereocenters. The molecular formula is C16H15N3. The Morgan fingerprint density at radius 1 is 0.895 bits per heavy atom. The van der Waals surface area contributed by atoms with Crippen LogP contribution in [0.5, 0.6) is 0 Å². The van der Waals surface area contributed by atoms with Gasteiger partial charge in [0.1, 0.15) is 11.3 Å². The summed E-state index contributed by atoms with van der Waals surface area (Å²) in [5.41, 5.74) is 9.03. The standard InChI is InChI=1S/C16H15N3/c17-16-15-13(10-11-18-16)7-9-14(19-15)8-6-12-4-2-1-3-5-12/h1-5,7,9-11H,6,8H2,(H2,17,18). The molecule has 94 valence electrons. The van der Waals surface area contributed by atoms with Gasteiger partial charge in [-0.3, -0.25) is 0 Å². The average Bonchev–Trinajstić information content (AvgIpc) is 2.47. The molecule has 1 aromatic carbocycles. The van der Waals surface area contributed by atoms with Crippen molar-refractivity contribution in [3.63, 3.8) is 0 Å². The van der Waals surface area contributed by atoms with Crippen LogP contribution in [0.4, 0.5) is 5.82 Å². The van der Waals surface area contributed by atoms with E-state index in [0.717, 1.165) is 29.4 Å². The van der Waals surface area contributed by atoms with E-state index in [0.29, 0.717) is 5.82 Å². The first-order chi connectivity index (χ1) is 9.33. The van der Waals surface area contributed by atoms with E-state index in [4.69, 9.17) is 5.73 Å². The number of hydrogen-bond donors (Lipinski definition) is 1. The summed E-state index contributed by atoms with van der Waals surface area (Å²) in [6.45, 7) is 0. The molecule has 0 amide bonds. The van der Waals surface area contributed by atoms with Crippen molar-refractivity contribution in [1.29, 1.82) is 0 Å². The zero-order valence-corrected chi connectivity index (χ0v) is 10.6. The van der Waals surface area contributed by atoms with Crippen LogP contribution < -0.4 is 5.73 Å². The zero-order valence-electron chi connectivity index (χ0n) is 10.6. The minimum absolute atomic E-state index is 0.499. The van der Waals surface area contributed by atoms with Crippen LogP contribution in [0.3, 0.4) is 0 Å². The van der Waals surface area contributed by atoms with Crippen molar-refractivity contribution >= 4 is 16.7 Å². The summed E-state index contributed by atoms with van der Waals surface area (Å²) < 4.78 is 0. The summed E-state index contributed by atoms with van der Waals surface area (Å²) in [6, 6.07) is 16.5. The summed E-state index contributed by atoms with van der Waals surface area (Å²) in [5, 5.41) is 1.04. The van der Waals surface area contributed by atoms with Crippen LogP contribution in [-0.2, 0) is 12.8 Å². The Hall–Kier alpha value is -2.42. The Morgan fingerprint density at radius 3 is 2.58 bits per heavy atom. The fourth-order valence-electron chi connectivity index (χ4n) is 2.17. The van der Waals surface area contributed by atoms with Gasteiger partial charge in [-0.2, -0.15) is 0 Å². The normalized spacial score (nSPS) is 10.7. The largest absolute Gasteiger partial charge is 0.382 e. The highest BCUT2D eigenvalue weighted by molar-refractivity contribution is 5.86. The van der Waals surface area contributed by atoms with Gasteiger partial charge in [0, 0.05) is 17.3 Å². The lowest BCUT2D eigenvalue weighted by Gasteiger charge is -2.04. The lowest BCUT2D eigenvalue weighted by molar-refractivity contribution is 0.922. The molecule has 0 radical (unpaired) electrons. The minimum Gasteiger partial charge on any atom is -0.382 e. The maximum absolute atomic E-state index is 5.86. The monoisotopic (exact) mass is 249 g/mol. The number of benzene rings is 1. The second-order valence-electron chi connectivity index (χ2n) is 4.56. The van der Waals surface area contributed by atoms with Crippen LogP contribution in [0.2, 0.25) is 0 Å². The van der Waals surface area contributed by atoms with Gasteiger partial charge in [-0.25, -0.2) is 9.97 Å². The molecule has 2 N–H and O–H groups in total. The van der Waals surface area contributed by atoms with Gasteiger partial charge in [0.25, 0.3) is 0 Å². The Labute approximate surface area is 112 Å². The summed E-state index contributed by atoms with van der Waals surface area (Å²) in [4.78, 5) is 8.68. The Morgan fingerprint density at radius 2 is 1.74 bits per heavy atom. The summed E-state index contributed by atoms with van der Waals surface area (Å²) in [7, 11) is 0. The van der Waals surface area contributed by atoms with Crippen LogP contribution in [0.1, 0.15) is 11.3 Å². The Bertz CT molecular complexity index is 693. The molecule has 3 aromatic rings. The van der Waals surface area contributed by atoms with E-state index in [1.807, 2.05) is 12.1 Å². The number of rotatable bonds is 3. The molecule has 3 rings (SSSR count). The van der Waals surface area contributed by atoms with E-state index in [9.17, 15) is 0 Å². The molecule has 3 nitrogen and oxygen atoms in total. The fraction of sp³-hybridized carbons (Fsp3) is 0.125. The molecule has 0 saturated heterocycles. The third kappa shape index (κ3) is 2.55. The SMILES string of the molecule is Nc1nccc2ccc(CCc3ccccc3)nc12. The number of nitrogen functional groups attached to an aromatic ring is 1. The predicted octanol–water partition coefficient (Wildman–Crippen LogP) is 3.00. The molecule has 3 heteroatoms. The van der Waals surface area contributed by atoms with Gasteiger partial charge in [-0.05, 0) is 30.5 Å². The molecule has 0 bridgehead atoms. The molecule has 0 spiro atoms. The quantitative estimate of drug-likeness (QED) is 0.776. The molecule has 2 heterocycles. The molecule has 0 saturated carbocycles. The number of hydrogen-bond acceptors (Lipinski definition) is 3. The highest BCUT2D eigenvalue weighted by Gasteiger charge is 2.03. The number of nitrogens with zero attached hydrogens (tertiary/aromatic N) is 2. The van der Waals surface area contributed by atoms with Gasteiger partial charge in [0.15, 0.2) is 0 Å². The van der Waals surface area contributed by atoms with Gasteiger partial charge in [0.05, 0.1) is 0 Å². The maximum atomic E-state index is 5.86. The van der Waals surface area contributed by atoms with Crippen molar-refractivity contribution < 1.29 is 0 Å². The number of nitrogens with two attached hydrogens (primary N) is 1. The molecule has 0 atom stereocenters. The van der Waals surface area contributed by atoms with Crippen molar-refractivity contribution in [2.45, 2.75) is 12.8 Å². The number of pyridine rings is 2. The lowest BCUT2D eigenvalue weighted by atomic mass is 10.1. The van der Waals surface area contributed by atoms with Crippen molar-refractivity contribution in [3.05, 3.63) is 66.0 Å². The molecule has 0 fully saturated rings. The van der Waals surface area contributed by atoms with Gasteiger partial charge in [0.2, 0.25) is 0 Å². The van der Waals surface area contributed by atoms with Gasteiger partial charge in [-0.15, -0.1) is 0 Å². The number of aromatic nitrogens is 2. The van der Waals surface area contributed by atoms with E-state index in [2.05, 4.69) is 46.4 Å². The van der Waals surface area contributed by atoms with Gasteiger partial charge in [-0.1, -0.05) is 36.4 Å². The topological polar surface area (TPSA) is 51.8 Å². The predicted molar refractivity (Wildman–Crippen MR) is 77.8 cm³/mol. The van der Waals surface area contributed by atoms with Crippen molar-refractivity contribution in [2.24, 2.45) is 0 Å². The average molecular weight is 249 g/mol. The molecule has 0 aliphatic carbocycles. The third-order valence-corrected chi connectivity index (χ3v) is 3.21. The summed E-state index contributed by atoms with van der Waals surface area (Å²) in [6.07, 6.45) is 3.61. The Balaban J connectivity index is 1.84. The lowest BCUT2D eigenvalue weighted by Crippen LogP contribution is -1.98. The van der Waals surface area contributed by atoms with E-state index in [1.165, 1.54) is 5.56 Å². The first-order valence-corrected chi connectivity index (χ1v) is 6.37.